The summed E-state index contributed by atoms with van der Waals surface area (Å²) in [6.07, 6.45) is 0. The molecular weight excluding hydrogens is 295 g/mol. The van der Waals surface area contributed by atoms with E-state index in [0.29, 0.717) is 5.13 Å². The van der Waals surface area contributed by atoms with E-state index in [0.717, 1.165) is 15.1 Å². The van der Waals surface area contributed by atoms with Gasteiger partial charge in [0.1, 0.15) is 4.75 Å². The predicted octanol–water partition coefficient (Wildman–Crippen LogP) is -0.339. The van der Waals surface area contributed by atoms with Crippen LogP contribution in [0, 0.1) is 0 Å². The maximum Gasteiger partial charge on any atom is 1.00 e. The van der Waals surface area contributed by atoms with Crippen LogP contribution in [0.4, 0.5) is 5.13 Å². The molecule has 0 fully saturated rings. The van der Waals surface area contributed by atoms with Gasteiger partial charge >= 0.3 is 35.5 Å². The molecule has 1 aromatic heterocycles. The zero-order chi connectivity index (χ0) is 12.6. The number of aliphatic carboxylic acids is 1. The number of anilines is 1. The second-order valence-electron chi connectivity index (χ2n) is 4.10. The molecule has 0 radical (unpaired) electrons. The van der Waals surface area contributed by atoms with Crippen molar-refractivity contribution < 1.29 is 44.9 Å². The Morgan fingerprint density at radius 1 is 1.47 bits per heavy atom. The molecule has 8 heteroatoms. The molecule has 1 aromatic carbocycles. The van der Waals surface area contributed by atoms with Crippen molar-refractivity contribution >= 4 is 44.4 Å². The van der Waals surface area contributed by atoms with Crippen LogP contribution in [0.5, 0.6) is 0 Å². The van der Waals surface area contributed by atoms with E-state index in [1.54, 1.807) is 13.8 Å². The van der Waals surface area contributed by atoms with Crippen LogP contribution in [-0.4, -0.2) is 26.3 Å². The number of carboxylic acids is 1. The molecule has 0 unspecified atom stereocenters. The van der Waals surface area contributed by atoms with E-state index in [1.807, 2.05) is 18.2 Å². The summed E-state index contributed by atoms with van der Waals surface area (Å²) in [4.78, 5) is 16.1. The molecule has 19 heavy (non-hydrogen) atoms. The van der Waals surface area contributed by atoms with Gasteiger partial charge in [0.05, 0.1) is 10.2 Å². The van der Waals surface area contributed by atoms with Crippen LogP contribution in [0.2, 0.25) is 0 Å². The van der Waals surface area contributed by atoms with Crippen molar-refractivity contribution in [1.29, 1.82) is 0 Å². The predicted molar refractivity (Wildman–Crippen MR) is 73.5 cm³/mol. The number of aromatic nitrogens is 1. The van der Waals surface area contributed by atoms with Crippen LogP contribution in [0.3, 0.4) is 0 Å². The fraction of sp³-hybridized carbons (Fsp3) is 0.273. The van der Waals surface area contributed by atoms with E-state index in [-0.39, 0.29) is 35.0 Å². The molecule has 0 saturated carbocycles. The normalized spacial score (nSPS) is 10.6. The SMILES string of the molecule is CC(C)(Sc1ccc2nc(N)sc2c1)C(=O)O.[Na+].[OH-]. The topological polar surface area (TPSA) is 106 Å². The van der Waals surface area contributed by atoms with Gasteiger partial charge in [-0.1, -0.05) is 11.3 Å². The third kappa shape index (κ3) is 4.34. The first-order valence-electron chi connectivity index (χ1n) is 4.97. The van der Waals surface area contributed by atoms with Crippen molar-refractivity contribution in [2.75, 3.05) is 5.73 Å². The molecule has 0 aliphatic rings. The molecule has 0 amide bonds. The first-order chi connectivity index (χ1) is 7.88. The number of carboxylic acid groups (broad SMARTS) is 1. The molecule has 1 heterocycles. The average Bonchev–Trinajstić information content (AvgIpc) is 2.56. The number of fused-ring (bicyclic) bond motifs is 1. The van der Waals surface area contributed by atoms with Gasteiger partial charge in [0, 0.05) is 4.90 Å². The molecule has 0 bridgehead atoms. The summed E-state index contributed by atoms with van der Waals surface area (Å²) in [5.41, 5.74) is 6.47. The average molecular weight is 308 g/mol. The number of carbonyl (C=O) groups is 1. The smallest absolute Gasteiger partial charge is 0.870 e. The number of benzene rings is 1. The fourth-order valence-corrected chi connectivity index (χ4v) is 3.16. The number of thiazole rings is 1. The van der Waals surface area contributed by atoms with Gasteiger partial charge in [-0.25, -0.2) is 4.98 Å². The molecule has 2 rings (SSSR count). The van der Waals surface area contributed by atoms with Gasteiger partial charge in [-0.2, -0.15) is 0 Å². The molecule has 0 spiro atoms. The van der Waals surface area contributed by atoms with Gasteiger partial charge in [-0.05, 0) is 32.0 Å². The summed E-state index contributed by atoms with van der Waals surface area (Å²) in [5, 5.41) is 9.60. The van der Waals surface area contributed by atoms with Crippen molar-refractivity contribution in [3.63, 3.8) is 0 Å². The van der Waals surface area contributed by atoms with Gasteiger partial charge < -0.3 is 16.3 Å². The Bertz CT molecular complexity index is 586. The Labute approximate surface area is 141 Å². The second-order valence-corrected chi connectivity index (χ2v) is 6.86. The van der Waals surface area contributed by atoms with Crippen LogP contribution < -0.4 is 35.3 Å². The Morgan fingerprint density at radius 3 is 2.68 bits per heavy atom. The second kappa shape index (κ2) is 6.92. The van der Waals surface area contributed by atoms with Crippen LogP contribution in [0.15, 0.2) is 23.1 Å². The molecule has 0 atom stereocenters. The number of hydrogen-bond donors (Lipinski definition) is 2. The molecule has 2 aromatic rings. The summed E-state index contributed by atoms with van der Waals surface area (Å²) in [5.74, 6) is -0.827. The fourth-order valence-electron chi connectivity index (χ4n) is 1.32. The maximum absolute atomic E-state index is 11.0. The van der Waals surface area contributed by atoms with Gasteiger partial charge in [0.25, 0.3) is 0 Å². The summed E-state index contributed by atoms with van der Waals surface area (Å²) < 4.78 is 0.137. The van der Waals surface area contributed by atoms with E-state index in [1.165, 1.54) is 23.1 Å². The van der Waals surface area contributed by atoms with Gasteiger partial charge in [0.15, 0.2) is 5.13 Å². The van der Waals surface area contributed by atoms with Crippen molar-refractivity contribution in [2.45, 2.75) is 23.5 Å². The number of nitrogen functional groups attached to an aromatic ring is 1. The zero-order valence-electron chi connectivity index (χ0n) is 10.9. The van der Waals surface area contributed by atoms with Crippen molar-refractivity contribution in [3.05, 3.63) is 18.2 Å². The van der Waals surface area contributed by atoms with Crippen molar-refractivity contribution in [2.24, 2.45) is 0 Å². The third-order valence-corrected chi connectivity index (χ3v) is 4.29. The molecule has 4 N–H and O–H groups in total. The standard InChI is InChI=1S/C11H12N2O2S2.Na.H2O/c1-11(2,9(14)15)17-6-3-4-7-8(5-6)16-10(12)13-7;;/h3-5H,1-2H3,(H2,12,13)(H,14,15);;1H2/q;+1;/p-1. The molecule has 98 valence electrons. The van der Waals surface area contributed by atoms with Crippen molar-refractivity contribution in [3.8, 4) is 0 Å². The number of nitrogens with two attached hydrogens (primary N) is 1. The number of hydrogen-bond acceptors (Lipinski definition) is 6. The van der Waals surface area contributed by atoms with Crippen LogP contribution in [0.1, 0.15) is 13.8 Å². The summed E-state index contributed by atoms with van der Waals surface area (Å²) in [6, 6.07) is 5.66. The van der Waals surface area contributed by atoms with Gasteiger partial charge in [0.2, 0.25) is 0 Å². The minimum atomic E-state index is -0.843. The first kappa shape index (κ1) is 18.7. The van der Waals surface area contributed by atoms with Crippen molar-refractivity contribution in [1.82, 2.24) is 4.98 Å². The number of thioether (sulfide) groups is 1. The van der Waals surface area contributed by atoms with Crippen LogP contribution >= 0.6 is 23.1 Å². The summed E-state index contributed by atoms with van der Waals surface area (Å²) in [6.45, 7) is 3.37. The molecule has 0 aliphatic carbocycles. The Hall–Kier alpha value is -0.310. The molecule has 0 saturated heterocycles. The van der Waals surface area contributed by atoms with Gasteiger partial charge in [-0.3, -0.25) is 4.79 Å². The first-order valence-corrected chi connectivity index (χ1v) is 6.60. The van der Waals surface area contributed by atoms with E-state index in [9.17, 15) is 4.79 Å². The van der Waals surface area contributed by atoms with Gasteiger partial charge in [-0.15, -0.1) is 11.8 Å². The minimum Gasteiger partial charge on any atom is -0.870 e. The Balaban J connectivity index is 0.00000162. The third-order valence-electron chi connectivity index (χ3n) is 2.26. The van der Waals surface area contributed by atoms with E-state index in [4.69, 9.17) is 10.8 Å². The quantitative estimate of drug-likeness (QED) is 0.593. The summed E-state index contributed by atoms with van der Waals surface area (Å²) in [7, 11) is 0. The van der Waals surface area contributed by atoms with Crippen LogP contribution in [-0.2, 0) is 4.79 Å². The summed E-state index contributed by atoms with van der Waals surface area (Å²) >= 11 is 2.72. The largest absolute Gasteiger partial charge is 1.00 e. The molecular formula is C11H13N2NaO3S2. The molecule has 0 aliphatic heterocycles. The van der Waals surface area contributed by atoms with Crippen LogP contribution in [0.25, 0.3) is 10.2 Å². The maximum atomic E-state index is 11.0. The minimum absolute atomic E-state index is 0. The monoisotopic (exact) mass is 308 g/mol. The Morgan fingerprint density at radius 2 is 2.11 bits per heavy atom. The van der Waals surface area contributed by atoms with E-state index in [2.05, 4.69) is 4.98 Å². The number of rotatable bonds is 3. The Kier molecular flexibility index (Phi) is 6.80. The zero-order valence-corrected chi connectivity index (χ0v) is 14.5. The molecule has 5 nitrogen and oxygen atoms in total. The van der Waals surface area contributed by atoms with E-state index < -0.39 is 10.7 Å². The number of nitrogens with zero attached hydrogens (tertiary/aromatic N) is 1. The van der Waals surface area contributed by atoms with E-state index >= 15 is 0 Å².